The molecule has 2 heterocycles. The molecule has 1 aromatic heterocycles. The van der Waals surface area contributed by atoms with Crippen molar-refractivity contribution < 1.29 is 0 Å². The van der Waals surface area contributed by atoms with Crippen molar-refractivity contribution in [3.63, 3.8) is 0 Å². The largest absolute Gasteiger partial charge is 0.351 e. The van der Waals surface area contributed by atoms with Crippen LogP contribution in [-0.4, -0.2) is 35.7 Å². The number of anilines is 1. The molecule has 0 bridgehead atoms. The highest BCUT2D eigenvalue weighted by Gasteiger charge is 2.26. The smallest absolute Gasteiger partial charge is 0.293 e. The summed E-state index contributed by atoms with van der Waals surface area (Å²) in [5.41, 5.74) is 0.0805. The van der Waals surface area contributed by atoms with Gasteiger partial charge in [-0.25, -0.2) is 4.98 Å². The Kier molecular flexibility index (Phi) is 2.84. The normalized spacial score (nSPS) is 21.3. The van der Waals surface area contributed by atoms with E-state index in [1.165, 1.54) is 0 Å². The Bertz CT molecular complexity index is 444. The van der Waals surface area contributed by atoms with Crippen molar-refractivity contribution in [2.24, 2.45) is 0 Å². The van der Waals surface area contributed by atoms with Gasteiger partial charge in [0.1, 0.15) is 0 Å². The maximum absolute atomic E-state index is 12.3. The zero-order chi connectivity index (χ0) is 11.7. The predicted octanol–water partition coefficient (Wildman–Crippen LogP) is 0.378. The van der Waals surface area contributed by atoms with E-state index in [1.54, 1.807) is 6.20 Å². The lowest BCUT2D eigenvalue weighted by Crippen LogP contribution is -2.35. The molecule has 0 spiro atoms. The summed E-state index contributed by atoms with van der Waals surface area (Å²) < 4.78 is 1.85. The number of hydrogen-bond donors (Lipinski definition) is 1. The molecule has 1 aliphatic carbocycles. The minimum Gasteiger partial charge on any atom is -0.351 e. The van der Waals surface area contributed by atoms with Crippen LogP contribution in [0.3, 0.4) is 0 Å². The molecular weight excluding hydrogens is 216 g/mol. The van der Waals surface area contributed by atoms with Crippen LogP contribution in [0, 0.1) is 0 Å². The average molecular weight is 234 g/mol. The van der Waals surface area contributed by atoms with Gasteiger partial charge in [0.25, 0.3) is 5.56 Å². The maximum atomic E-state index is 12.3. The Morgan fingerprint density at radius 3 is 3.00 bits per heavy atom. The van der Waals surface area contributed by atoms with Crippen LogP contribution < -0.4 is 15.8 Å². The topological polar surface area (TPSA) is 50.2 Å². The summed E-state index contributed by atoms with van der Waals surface area (Å²) in [5, 5.41) is 3.34. The minimum absolute atomic E-state index is 0.0805. The zero-order valence-corrected chi connectivity index (χ0v) is 9.93. The first kappa shape index (κ1) is 10.8. The molecule has 17 heavy (non-hydrogen) atoms. The van der Waals surface area contributed by atoms with E-state index in [2.05, 4.69) is 15.2 Å². The van der Waals surface area contributed by atoms with Gasteiger partial charge in [-0.3, -0.25) is 4.79 Å². The van der Waals surface area contributed by atoms with Gasteiger partial charge in [-0.2, -0.15) is 0 Å². The lowest BCUT2D eigenvalue weighted by atomic mass is 10.4. The molecule has 1 aliphatic heterocycles. The minimum atomic E-state index is 0.0805. The van der Waals surface area contributed by atoms with Gasteiger partial charge in [0, 0.05) is 38.1 Å². The predicted molar refractivity (Wildman–Crippen MR) is 66.5 cm³/mol. The van der Waals surface area contributed by atoms with Crippen LogP contribution in [0.1, 0.15) is 25.3 Å². The summed E-state index contributed by atoms with van der Waals surface area (Å²) >= 11 is 0. The molecule has 2 aliphatic rings. The van der Waals surface area contributed by atoms with E-state index in [9.17, 15) is 4.79 Å². The lowest BCUT2D eigenvalue weighted by Gasteiger charge is -2.20. The second kappa shape index (κ2) is 4.49. The number of nitrogens with zero attached hydrogens (tertiary/aromatic N) is 3. The van der Waals surface area contributed by atoms with Crippen molar-refractivity contribution >= 4 is 5.82 Å². The highest BCUT2D eigenvalue weighted by Crippen LogP contribution is 2.33. The number of aromatic nitrogens is 2. The molecule has 0 radical (unpaired) electrons. The van der Waals surface area contributed by atoms with Crippen molar-refractivity contribution in [2.75, 3.05) is 31.1 Å². The third-order valence-corrected chi connectivity index (χ3v) is 3.43. The molecule has 0 atom stereocenters. The molecule has 2 fully saturated rings. The number of nitrogens with one attached hydrogen (secondary N) is 1. The van der Waals surface area contributed by atoms with Gasteiger partial charge in [0.15, 0.2) is 5.82 Å². The summed E-state index contributed by atoms with van der Waals surface area (Å²) in [7, 11) is 0. The van der Waals surface area contributed by atoms with Crippen LogP contribution >= 0.6 is 0 Å². The molecule has 5 nitrogen and oxygen atoms in total. The fraction of sp³-hybridized carbons (Fsp3) is 0.667. The molecule has 5 heteroatoms. The molecule has 1 saturated carbocycles. The Balaban J connectivity index is 1.90. The van der Waals surface area contributed by atoms with E-state index < -0.39 is 0 Å². The number of rotatable bonds is 2. The third kappa shape index (κ3) is 2.20. The lowest BCUT2D eigenvalue weighted by molar-refractivity contribution is 0.683. The van der Waals surface area contributed by atoms with E-state index in [4.69, 9.17) is 0 Å². The Morgan fingerprint density at radius 2 is 2.18 bits per heavy atom. The Labute approximate surface area is 100 Å². The Morgan fingerprint density at radius 1 is 1.29 bits per heavy atom. The first-order chi connectivity index (χ1) is 8.36. The maximum Gasteiger partial charge on any atom is 0.293 e. The van der Waals surface area contributed by atoms with E-state index in [-0.39, 0.29) is 5.56 Å². The molecule has 1 N–H and O–H groups in total. The van der Waals surface area contributed by atoms with Crippen LogP contribution in [0.5, 0.6) is 0 Å². The molecule has 92 valence electrons. The fourth-order valence-corrected chi connectivity index (χ4v) is 2.33. The monoisotopic (exact) mass is 234 g/mol. The van der Waals surface area contributed by atoms with Crippen molar-refractivity contribution in [1.29, 1.82) is 0 Å². The zero-order valence-electron chi connectivity index (χ0n) is 9.93. The Hall–Kier alpha value is -1.36. The summed E-state index contributed by atoms with van der Waals surface area (Å²) in [5.74, 6) is 0.628. The fourth-order valence-electron chi connectivity index (χ4n) is 2.33. The van der Waals surface area contributed by atoms with Gasteiger partial charge in [-0.1, -0.05) is 0 Å². The second-order valence-corrected chi connectivity index (χ2v) is 4.79. The van der Waals surface area contributed by atoms with Crippen LogP contribution in [0.15, 0.2) is 17.2 Å². The summed E-state index contributed by atoms with van der Waals surface area (Å²) in [6, 6.07) is 0.425. The van der Waals surface area contributed by atoms with Gasteiger partial charge < -0.3 is 14.8 Å². The van der Waals surface area contributed by atoms with Crippen LogP contribution in [-0.2, 0) is 0 Å². The summed E-state index contributed by atoms with van der Waals surface area (Å²) in [4.78, 5) is 18.7. The van der Waals surface area contributed by atoms with E-state index >= 15 is 0 Å². The molecule has 0 aromatic carbocycles. The molecule has 1 saturated heterocycles. The van der Waals surface area contributed by atoms with Gasteiger partial charge in [0.2, 0.25) is 0 Å². The SMILES string of the molecule is O=c1c(N2CCCNCC2)nccn1C1CC1. The van der Waals surface area contributed by atoms with Crippen molar-refractivity contribution in [3.05, 3.63) is 22.7 Å². The van der Waals surface area contributed by atoms with Gasteiger partial charge in [-0.15, -0.1) is 0 Å². The number of hydrogen-bond acceptors (Lipinski definition) is 4. The molecule has 0 amide bonds. The van der Waals surface area contributed by atoms with Crippen molar-refractivity contribution in [1.82, 2.24) is 14.9 Å². The molecule has 0 unspecified atom stereocenters. The van der Waals surface area contributed by atoms with Gasteiger partial charge >= 0.3 is 0 Å². The van der Waals surface area contributed by atoms with Gasteiger partial charge in [-0.05, 0) is 25.8 Å². The quantitative estimate of drug-likeness (QED) is 0.803. The van der Waals surface area contributed by atoms with E-state index in [0.29, 0.717) is 11.9 Å². The first-order valence-corrected chi connectivity index (χ1v) is 6.39. The van der Waals surface area contributed by atoms with Crippen LogP contribution in [0.4, 0.5) is 5.82 Å². The summed E-state index contributed by atoms with van der Waals surface area (Å²) in [6.07, 6.45) is 6.90. The van der Waals surface area contributed by atoms with Crippen molar-refractivity contribution in [3.8, 4) is 0 Å². The van der Waals surface area contributed by atoms with Gasteiger partial charge in [0.05, 0.1) is 0 Å². The third-order valence-electron chi connectivity index (χ3n) is 3.43. The summed E-state index contributed by atoms with van der Waals surface area (Å²) in [6.45, 7) is 3.75. The molecule has 1 aromatic rings. The van der Waals surface area contributed by atoms with Crippen LogP contribution in [0.25, 0.3) is 0 Å². The standard InChI is InChI=1S/C12H18N4O/c17-12-11(15-7-1-4-13-5-8-15)14-6-9-16(12)10-2-3-10/h6,9-10,13H,1-5,7-8H2. The highest BCUT2D eigenvalue weighted by molar-refractivity contribution is 5.36. The second-order valence-electron chi connectivity index (χ2n) is 4.79. The highest BCUT2D eigenvalue weighted by atomic mass is 16.1. The van der Waals surface area contributed by atoms with Crippen molar-refractivity contribution in [2.45, 2.75) is 25.3 Å². The molecular formula is C12H18N4O. The first-order valence-electron chi connectivity index (χ1n) is 6.39. The van der Waals surface area contributed by atoms with E-state index in [1.807, 2.05) is 10.8 Å². The average Bonchev–Trinajstić information content (AvgIpc) is 3.16. The molecule has 3 rings (SSSR count). The van der Waals surface area contributed by atoms with Crippen LogP contribution in [0.2, 0.25) is 0 Å². The van der Waals surface area contributed by atoms with E-state index in [0.717, 1.165) is 45.4 Å².